The topological polar surface area (TPSA) is 110 Å². The molecule has 1 N–H and O–H groups in total. The number of rotatable bonds is 8. The van der Waals surface area contributed by atoms with E-state index in [2.05, 4.69) is 26.8 Å². The van der Waals surface area contributed by atoms with Gasteiger partial charge in [-0.3, -0.25) is 0 Å². The van der Waals surface area contributed by atoms with E-state index in [0.717, 1.165) is 12.8 Å². The van der Waals surface area contributed by atoms with Crippen molar-refractivity contribution in [3.63, 3.8) is 0 Å². The fourth-order valence-corrected chi connectivity index (χ4v) is 5.49. The number of ether oxygens (including phenoxy) is 5. The van der Waals surface area contributed by atoms with Crippen molar-refractivity contribution >= 4 is 12.1 Å². The van der Waals surface area contributed by atoms with Crippen LogP contribution < -0.4 is 0 Å². The van der Waals surface area contributed by atoms with Gasteiger partial charge in [-0.2, -0.15) is 0 Å². The SMILES string of the molecule is CO[C@@H]1[C@H](OC(=O)N2CC[C@@H](OCC(=O)O)C2)CC[C@]2(CO2)[C@H]1[C@@]1(C)OC1CC=C(C)C. The number of carboxylic acids is 1. The fourth-order valence-electron chi connectivity index (χ4n) is 5.49. The van der Waals surface area contributed by atoms with Gasteiger partial charge in [-0.25, -0.2) is 9.59 Å². The monoisotopic (exact) mass is 453 g/mol. The Balaban J connectivity index is 1.39. The van der Waals surface area contributed by atoms with Gasteiger partial charge in [-0.1, -0.05) is 11.6 Å². The highest BCUT2D eigenvalue weighted by Gasteiger charge is 2.72. The minimum absolute atomic E-state index is 0.0210. The average Bonchev–Trinajstić information content (AvgIpc) is 3.59. The summed E-state index contributed by atoms with van der Waals surface area (Å²) in [5, 5.41) is 8.78. The predicted molar refractivity (Wildman–Crippen MR) is 113 cm³/mol. The number of carboxylic acid groups (broad SMARTS) is 1. The smallest absolute Gasteiger partial charge is 0.410 e. The Morgan fingerprint density at radius 1 is 1.28 bits per heavy atom. The first-order valence-electron chi connectivity index (χ1n) is 11.5. The molecule has 0 radical (unpaired) electrons. The van der Waals surface area contributed by atoms with Crippen LogP contribution in [-0.2, 0) is 28.5 Å². The first-order valence-corrected chi connectivity index (χ1v) is 11.5. The van der Waals surface area contributed by atoms with Gasteiger partial charge >= 0.3 is 12.1 Å². The van der Waals surface area contributed by atoms with E-state index in [4.69, 9.17) is 28.8 Å². The highest BCUT2D eigenvalue weighted by atomic mass is 16.6. The third kappa shape index (κ3) is 4.66. The van der Waals surface area contributed by atoms with Crippen molar-refractivity contribution < 1.29 is 38.4 Å². The van der Waals surface area contributed by atoms with Gasteiger partial charge in [-0.15, -0.1) is 0 Å². The Bertz CT molecular complexity index is 761. The Hall–Kier alpha value is -1.68. The normalized spacial score (nSPS) is 40.2. The van der Waals surface area contributed by atoms with Gasteiger partial charge in [-0.05, 0) is 46.5 Å². The van der Waals surface area contributed by atoms with Crippen molar-refractivity contribution in [1.29, 1.82) is 0 Å². The lowest BCUT2D eigenvalue weighted by atomic mass is 9.68. The Labute approximate surface area is 188 Å². The van der Waals surface area contributed by atoms with Crippen LogP contribution in [0.25, 0.3) is 0 Å². The molecule has 4 aliphatic rings. The molecule has 3 aliphatic heterocycles. The maximum absolute atomic E-state index is 12.9. The number of likely N-dealkylation sites (tertiary alicyclic amines) is 1. The predicted octanol–water partition coefficient (Wildman–Crippen LogP) is 2.37. The van der Waals surface area contributed by atoms with Crippen LogP contribution in [0.2, 0.25) is 0 Å². The number of hydrogen-bond donors (Lipinski definition) is 1. The third-order valence-corrected chi connectivity index (χ3v) is 7.33. The van der Waals surface area contributed by atoms with E-state index < -0.39 is 18.2 Å². The molecule has 1 amide bonds. The molecule has 0 aromatic rings. The van der Waals surface area contributed by atoms with Crippen LogP contribution in [0.5, 0.6) is 0 Å². The van der Waals surface area contributed by atoms with Crippen molar-refractivity contribution in [2.45, 2.75) is 82.1 Å². The van der Waals surface area contributed by atoms with Gasteiger partial charge in [0.15, 0.2) is 0 Å². The molecule has 0 aromatic carbocycles. The minimum atomic E-state index is -1.02. The Kier molecular flexibility index (Phi) is 6.55. The summed E-state index contributed by atoms with van der Waals surface area (Å²) in [6.07, 6.45) is 3.79. The summed E-state index contributed by atoms with van der Waals surface area (Å²) in [5.41, 5.74) is 0.620. The molecule has 3 heterocycles. The van der Waals surface area contributed by atoms with Crippen LogP contribution in [0, 0.1) is 5.92 Å². The molecule has 4 rings (SSSR count). The second kappa shape index (κ2) is 8.93. The van der Waals surface area contributed by atoms with E-state index >= 15 is 0 Å². The maximum atomic E-state index is 12.9. The van der Waals surface area contributed by atoms with E-state index in [9.17, 15) is 9.59 Å². The van der Waals surface area contributed by atoms with E-state index in [1.54, 1.807) is 12.0 Å². The second-order valence-corrected chi connectivity index (χ2v) is 9.86. The summed E-state index contributed by atoms with van der Waals surface area (Å²) in [4.78, 5) is 25.1. The highest BCUT2D eigenvalue weighted by molar-refractivity contribution is 5.69. The lowest BCUT2D eigenvalue weighted by molar-refractivity contribution is -0.144. The van der Waals surface area contributed by atoms with Crippen molar-refractivity contribution in [1.82, 2.24) is 4.90 Å². The largest absolute Gasteiger partial charge is 0.480 e. The summed E-state index contributed by atoms with van der Waals surface area (Å²) in [6, 6.07) is 0. The van der Waals surface area contributed by atoms with Crippen molar-refractivity contribution in [3.8, 4) is 0 Å². The maximum Gasteiger partial charge on any atom is 0.410 e. The Morgan fingerprint density at radius 3 is 2.66 bits per heavy atom. The molecule has 9 heteroatoms. The fraction of sp³-hybridized carbons (Fsp3) is 0.826. The number of nitrogens with zero attached hydrogens (tertiary/aromatic N) is 1. The van der Waals surface area contributed by atoms with E-state index in [0.29, 0.717) is 32.5 Å². The number of aliphatic carboxylic acids is 1. The number of methoxy groups -OCH3 is 1. The molecule has 0 aromatic heterocycles. The average molecular weight is 454 g/mol. The van der Waals surface area contributed by atoms with Gasteiger partial charge in [0.05, 0.1) is 31.3 Å². The standard InChI is InChI=1S/C23H35NO8/c1-14(2)5-6-17-22(3,32-17)20-19(28-4)16(7-9-23(20)13-30-23)31-21(27)24-10-8-15(11-24)29-12-18(25)26/h5,15-17,19-20H,6-13H2,1-4H3,(H,25,26)/t15-,16-,17?,19-,20-,22+,23+/m1/s1. The molecule has 0 bridgehead atoms. The first-order chi connectivity index (χ1) is 15.2. The molecule has 1 aliphatic carbocycles. The summed E-state index contributed by atoms with van der Waals surface area (Å²) in [6.45, 7) is 7.41. The van der Waals surface area contributed by atoms with E-state index in [1.807, 2.05) is 0 Å². The van der Waals surface area contributed by atoms with Crippen LogP contribution in [0.1, 0.15) is 46.5 Å². The molecule has 4 fully saturated rings. The van der Waals surface area contributed by atoms with Crippen LogP contribution in [0.15, 0.2) is 11.6 Å². The first kappa shape index (κ1) is 23.5. The molecule has 32 heavy (non-hydrogen) atoms. The van der Waals surface area contributed by atoms with E-state index in [1.165, 1.54) is 5.57 Å². The zero-order chi connectivity index (χ0) is 23.1. The van der Waals surface area contributed by atoms with Crippen molar-refractivity contribution in [2.24, 2.45) is 5.92 Å². The number of hydrogen-bond acceptors (Lipinski definition) is 7. The summed E-state index contributed by atoms with van der Waals surface area (Å²) >= 11 is 0. The molecular formula is C23H35NO8. The van der Waals surface area contributed by atoms with Gasteiger partial charge in [0.2, 0.25) is 0 Å². The summed E-state index contributed by atoms with van der Waals surface area (Å²) in [5.74, 6) is -1.04. The third-order valence-electron chi connectivity index (χ3n) is 7.33. The number of carbonyl (C=O) groups is 2. The van der Waals surface area contributed by atoms with Crippen molar-refractivity contribution in [2.75, 3.05) is 33.4 Å². The second-order valence-electron chi connectivity index (χ2n) is 9.86. The van der Waals surface area contributed by atoms with Crippen LogP contribution in [0.4, 0.5) is 4.79 Å². The van der Waals surface area contributed by atoms with Crippen LogP contribution in [-0.4, -0.2) is 91.1 Å². The lowest BCUT2D eigenvalue weighted by Crippen LogP contribution is -2.56. The van der Waals surface area contributed by atoms with Crippen LogP contribution in [0.3, 0.4) is 0 Å². The molecule has 180 valence electrons. The summed E-state index contributed by atoms with van der Waals surface area (Å²) < 4.78 is 29.3. The molecule has 7 atom stereocenters. The van der Waals surface area contributed by atoms with Gasteiger partial charge < -0.3 is 33.7 Å². The quantitative estimate of drug-likeness (QED) is 0.441. The van der Waals surface area contributed by atoms with E-state index in [-0.39, 0.29) is 42.0 Å². The number of amides is 1. The van der Waals surface area contributed by atoms with Gasteiger partial charge in [0.25, 0.3) is 0 Å². The number of epoxide rings is 2. The van der Waals surface area contributed by atoms with Gasteiger partial charge in [0.1, 0.15) is 30.0 Å². The zero-order valence-corrected chi connectivity index (χ0v) is 19.4. The molecular weight excluding hydrogens is 418 g/mol. The molecule has 3 saturated heterocycles. The Morgan fingerprint density at radius 2 is 2.03 bits per heavy atom. The zero-order valence-electron chi connectivity index (χ0n) is 19.4. The number of allylic oxidation sites excluding steroid dienone is 1. The molecule has 9 nitrogen and oxygen atoms in total. The minimum Gasteiger partial charge on any atom is -0.480 e. The number of carbonyl (C=O) groups excluding carboxylic acids is 1. The highest BCUT2D eigenvalue weighted by Crippen LogP contribution is 2.59. The van der Waals surface area contributed by atoms with Gasteiger partial charge in [0, 0.05) is 13.7 Å². The van der Waals surface area contributed by atoms with Crippen LogP contribution >= 0.6 is 0 Å². The summed E-state index contributed by atoms with van der Waals surface area (Å²) in [7, 11) is 1.66. The van der Waals surface area contributed by atoms with Crippen molar-refractivity contribution in [3.05, 3.63) is 11.6 Å². The molecule has 1 saturated carbocycles. The lowest BCUT2D eigenvalue weighted by Gasteiger charge is -2.43. The molecule has 1 spiro atoms. The molecule has 1 unspecified atom stereocenters.